The van der Waals surface area contributed by atoms with E-state index in [-0.39, 0.29) is 28.1 Å². The lowest BCUT2D eigenvalue weighted by molar-refractivity contribution is -0.222. The van der Waals surface area contributed by atoms with Gasteiger partial charge in [0.05, 0.1) is 12.5 Å². The summed E-state index contributed by atoms with van der Waals surface area (Å²) in [6.45, 7) is 18.7. The second-order valence-corrected chi connectivity index (χ2v) is 14.0. The molecule has 4 aliphatic carbocycles. The van der Waals surface area contributed by atoms with Crippen LogP contribution in [0.4, 0.5) is 0 Å². The maximum atomic E-state index is 12.8. The minimum atomic E-state index is -0.533. The molecule has 0 aromatic rings. The van der Waals surface area contributed by atoms with Gasteiger partial charge in [-0.15, -0.1) is 0 Å². The number of allylic oxidation sites excluding steroid dienone is 1. The number of carboxylic acids is 1. The number of fused-ring (bicyclic) bond motifs is 5. The van der Waals surface area contributed by atoms with Gasteiger partial charge in [-0.25, -0.2) is 0 Å². The van der Waals surface area contributed by atoms with Gasteiger partial charge in [0.15, 0.2) is 0 Å². The highest BCUT2D eigenvalue weighted by Gasteiger charge is 2.70. The van der Waals surface area contributed by atoms with Crippen LogP contribution in [0.5, 0.6) is 0 Å². The van der Waals surface area contributed by atoms with Gasteiger partial charge in [0.2, 0.25) is 0 Å². The standard InChI is InChI=1S/C31H50O4/c1-19(2)21-11-16-31(27(33)34)18-17-29(6)23(26(21)31)9-10-24-28(5,14-13-25(32)35-8)22(20(3)4)12-15-30(24,29)7/h19,21-24,26H,3,9-18H2,1-2,4-8H3,(H,33,34)/t21-,22-,23+,24+,26+,28-,29+,30+,31-/m0/s1. The largest absolute Gasteiger partial charge is 0.481 e. The van der Waals surface area contributed by atoms with E-state index < -0.39 is 11.4 Å². The fourth-order valence-corrected chi connectivity index (χ4v) is 10.8. The fraction of sp³-hybridized carbons (Fsp3) is 0.871. The maximum Gasteiger partial charge on any atom is 0.309 e. The van der Waals surface area contributed by atoms with Gasteiger partial charge < -0.3 is 9.84 Å². The number of carboxylic acid groups (broad SMARTS) is 1. The van der Waals surface area contributed by atoms with Crippen molar-refractivity contribution in [2.45, 2.75) is 106 Å². The summed E-state index contributed by atoms with van der Waals surface area (Å²) in [4.78, 5) is 25.0. The molecular formula is C31H50O4. The molecule has 0 aromatic heterocycles. The highest BCUT2D eigenvalue weighted by Crippen LogP contribution is 2.76. The smallest absolute Gasteiger partial charge is 0.309 e. The highest BCUT2D eigenvalue weighted by atomic mass is 16.5. The summed E-state index contributed by atoms with van der Waals surface area (Å²) in [6.07, 6.45) is 9.62. The highest BCUT2D eigenvalue weighted by molar-refractivity contribution is 5.76. The second kappa shape index (κ2) is 8.91. The number of hydrogen-bond donors (Lipinski definition) is 1. The monoisotopic (exact) mass is 486 g/mol. The molecule has 0 bridgehead atoms. The Morgan fingerprint density at radius 1 is 1.00 bits per heavy atom. The van der Waals surface area contributed by atoms with Crippen molar-refractivity contribution in [3.8, 4) is 0 Å². The molecule has 4 rings (SSSR count). The molecule has 0 unspecified atom stereocenters. The number of methoxy groups -OCH3 is 1. The molecule has 4 aliphatic rings. The lowest BCUT2D eigenvalue weighted by Gasteiger charge is -2.70. The first-order valence-corrected chi connectivity index (χ1v) is 14.2. The van der Waals surface area contributed by atoms with Gasteiger partial charge in [0.25, 0.3) is 0 Å². The Kier molecular flexibility index (Phi) is 6.80. The van der Waals surface area contributed by atoms with Crippen LogP contribution in [-0.4, -0.2) is 24.2 Å². The Morgan fingerprint density at radius 2 is 1.69 bits per heavy atom. The number of ether oxygens (including phenoxy) is 1. The maximum absolute atomic E-state index is 12.8. The summed E-state index contributed by atoms with van der Waals surface area (Å²) in [6, 6.07) is 0. The molecule has 0 radical (unpaired) electrons. The fourth-order valence-electron chi connectivity index (χ4n) is 10.8. The Hall–Kier alpha value is -1.32. The first-order valence-electron chi connectivity index (χ1n) is 14.2. The van der Waals surface area contributed by atoms with Crippen LogP contribution in [0.15, 0.2) is 12.2 Å². The third-order valence-electron chi connectivity index (χ3n) is 12.7. The summed E-state index contributed by atoms with van der Waals surface area (Å²) in [5.74, 6) is 2.07. The molecular weight excluding hydrogens is 436 g/mol. The van der Waals surface area contributed by atoms with Crippen LogP contribution in [0.2, 0.25) is 0 Å². The van der Waals surface area contributed by atoms with E-state index in [0.717, 1.165) is 51.4 Å². The van der Waals surface area contributed by atoms with Gasteiger partial charge in [-0.1, -0.05) is 46.8 Å². The average molecular weight is 487 g/mol. The zero-order valence-electron chi connectivity index (χ0n) is 23.4. The predicted molar refractivity (Wildman–Crippen MR) is 140 cm³/mol. The molecule has 4 nitrogen and oxygen atoms in total. The minimum Gasteiger partial charge on any atom is -0.481 e. The number of esters is 1. The van der Waals surface area contributed by atoms with Gasteiger partial charge in [-0.3, -0.25) is 9.59 Å². The van der Waals surface area contributed by atoms with Crippen molar-refractivity contribution in [1.82, 2.24) is 0 Å². The molecule has 0 spiro atoms. The number of aliphatic carboxylic acids is 1. The van der Waals surface area contributed by atoms with Crippen LogP contribution >= 0.6 is 0 Å². The zero-order chi connectivity index (χ0) is 26.0. The number of carbonyl (C=O) groups excluding carboxylic acids is 1. The second-order valence-electron chi connectivity index (χ2n) is 14.0. The van der Waals surface area contributed by atoms with Crippen LogP contribution in [0.3, 0.4) is 0 Å². The van der Waals surface area contributed by atoms with Crippen molar-refractivity contribution in [1.29, 1.82) is 0 Å². The Morgan fingerprint density at radius 3 is 2.26 bits per heavy atom. The van der Waals surface area contributed by atoms with E-state index in [1.54, 1.807) is 0 Å². The lowest BCUT2D eigenvalue weighted by atomic mass is 9.34. The topological polar surface area (TPSA) is 63.6 Å². The molecule has 4 fully saturated rings. The van der Waals surface area contributed by atoms with Crippen molar-refractivity contribution in [2.24, 2.45) is 57.2 Å². The van der Waals surface area contributed by atoms with Crippen LogP contribution in [-0.2, 0) is 14.3 Å². The van der Waals surface area contributed by atoms with Gasteiger partial charge in [0.1, 0.15) is 0 Å². The normalized spacial score (nSPS) is 46.9. The van der Waals surface area contributed by atoms with Crippen molar-refractivity contribution < 1.29 is 19.4 Å². The van der Waals surface area contributed by atoms with Crippen LogP contribution < -0.4 is 0 Å². The van der Waals surface area contributed by atoms with Gasteiger partial charge >= 0.3 is 11.9 Å². The van der Waals surface area contributed by atoms with Gasteiger partial charge in [-0.2, -0.15) is 0 Å². The van der Waals surface area contributed by atoms with E-state index in [1.165, 1.54) is 19.1 Å². The van der Waals surface area contributed by atoms with Gasteiger partial charge in [0, 0.05) is 6.42 Å². The third-order valence-corrected chi connectivity index (χ3v) is 12.7. The summed E-state index contributed by atoms with van der Waals surface area (Å²) in [5, 5.41) is 10.5. The van der Waals surface area contributed by atoms with Crippen molar-refractivity contribution in [3.63, 3.8) is 0 Å². The molecule has 1 N–H and O–H groups in total. The van der Waals surface area contributed by atoms with Crippen molar-refractivity contribution >= 4 is 11.9 Å². The summed E-state index contributed by atoms with van der Waals surface area (Å²) in [7, 11) is 1.49. The van der Waals surface area contributed by atoms with Crippen LogP contribution in [0, 0.1) is 57.2 Å². The Labute approximate surface area is 213 Å². The first kappa shape index (κ1) is 26.7. The Balaban J connectivity index is 1.76. The van der Waals surface area contributed by atoms with E-state index in [1.807, 2.05) is 0 Å². The molecule has 4 heteroatoms. The molecule has 0 amide bonds. The lowest BCUT2D eigenvalue weighted by Crippen LogP contribution is -2.64. The molecule has 4 saturated carbocycles. The molecule has 9 atom stereocenters. The minimum absolute atomic E-state index is 0.00939. The number of hydrogen-bond acceptors (Lipinski definition) is 3. The quantitative estimate of drug-likeness (QED) is 0.311. The van der Waals surface area contributed by atoms with E-state index in [9.17, 15) is 14.7 Å². The third kappa shape index (κ3) is 3.66. The summed E-state index contributed by atoms with van der Waals surface area (Å²) < 4.78 is 5.05. The molecule has 0 aromatic carbocycles. The summed E-state index contributed by atoms with van der Waals surface area (Å²) >= 11 is 0. The first-order chi connectivity index (χ1) is 16.3. The number of carbonyl (C=O) groups is 2. The zero-order valence-corrected chi connectivity index (χ0v) is 23.4. The van der Waals surface area contributed by atoms with Crippen LogP contribution in [0.25, 0.3) is 0 Å². The van der Waals surface area contributed by atoms with E-state index >= 15 is 0 Å². The predicted octanol–water partition coefficient (Wildman–Crippen LogP) is 7.52. The molecule has 0 aliphatic heterocycles. The summed E-state index contributed by atoms with van der Waals surface area (Å²) in [5.41, 5.74) is 1.00. The van der Waals surface area contributed by atoms with E-state index in [0.29, 0.717) is 36.0 Å². The average Bonchev–Trinajstić information content (AvgIpc) is 3.19. The van der Waals surface area contributed by atoms with E-state index in [4.69, 9.17) is 4.74 Å². The molecule has 35 heavy (non-hydrogen) atoms. The molecule has 198 valence electrons. The van der Waals surface area contributed by atoms with Crippen LogP contribution in [0.1, 0.15) is 106 Å². The van der Waals surface area contributed by atoms with Crippen molar-refractivity contribution in [3.05, 3.63) is 12.2 Å². The molecule has 0 heterocycles. The SMILES string of the molecule is C=C(C)[C@@H]1CC[C@]2(C)[C@H](CC[C@@H]3[C@H]4[C@H](C(C)C)CC[C@]4(C(=O)O)CC[C@]32C)[C@@]1(C)CCC(=O)OC. The Bertz CT molecular complexity index is 877. The molecule has 0 saturated heterocycles. The van der Waals surface area contributed by atoms with Gasteiger partial charge in [-0.05, 0) is 116 Å². The van der Waals surface area contributed by atoms with Crippen molar-refractivity contribution in [2.75, 3.05) is 7.11 Å². The van der Waals surface area contributed by atoms with E-state index in [2.05, 4.69) is 48.1 Å². The number of rotatable bonds is 6.